The standard InChI is InChI=1S/C27H31N3O3S/c1-3-30(4-2)21-25-13-9-8-12-24(25)20-28-27(31)23-14-16-26(17-15-23)29-34(32,33)19-18-22-10-6-5-7-11-22/h5-19,29H,3-4,20-21H2,1-2H3,(H,28,31)/b19-18+. The van der Waals surface area contributed by atoms with E-state index in [0.29, 0.717) is 17.8 Å². The Morgan fingerprint density at radius 2 is 1.47 bits per heavy atom. The van der Waals surface area contributed by atoms with Gasteiger partial charge in [0.2, 0.25) is 0 Å². The summed E-state index contributed by atoms with van der Waals surface area (Å²) in [5, 5.41) is 4.09. The maximum absolute atomic E-state index is 12.6. The lowest BCUT2D eigenvalue weighted by Crippen LogP contribution is -2.26. The molecule has 0 fully saturated rings. The van der Waals surface area contributed by atoms with E-state index in [1.807, 2.05) is 48.5 Å². The molecule has 0 aliphatic heterocycles. The summed E-state index contributed by atoms with van der Waals surface area (Å²) in [6, 6.07) is 23.7. The van der Waals surface area contributed by atoms with Crippen molar-refractivity contribution in [3.8, 4) is 0 Å². The Hall–Kier alpha value is -3.42. The summed E-state index contributed by atoms with van der Waals surface area (Å²) < 4.78 is 27.1. The highest BCUT2D eigenvalue weighted by molar-refractivity contribution is 7.95. The summed E-state index contributed by atoms with van der Waals surface area (Å²) in [5.74, 6) is -0.212. The van der Waals surface area contributed by atoms with Gasteiger partial charge in [-0.25, -0.2) is 8.42 Å². The number of carbonyl (C=O) groups excluding carboxylic acids is 1. The van der Waals surface area contributed by atoms with Gasteiger partial charge < -0.3 is 5.32 Å². The van der Waals surface area contributed by atoms with Crippen molar-refractivity contribution in [2.45, 2.75) is 26.9 Å². The number of anilines is 1. The van der Waals surface area contributed by atoms with Crippen LogP contribution >= 0.6 is 0 Å². The molecule has 0 heterocycles. The van der Waals surface area contributed by atoms with Crippen molar-refractivity contribution in [2.24, 2.45) is 0 Å². The van der Waals surface area contributed by atoms with Gasteiger partial charge in [-0.3, -0.25) is 14.4 Å². The Morgan fingerprint density at radius 3 is 2.12 bits per heavy atom. The van der Waals surface area contributed by atoms with Gasteiger partial charge in [-0.1, -0.05) is 68.4 Å². The SMILES string of the molecule is CCN(CC)Cc1ccccc1CNC(=O)c1ccc(NS(=O)(=O)/C=C/c2ccccc2)cc1. The van der Waals surface area contributed by atoms with Gasteiger partial charge in [-0.2, -0.15) is 0 Å². The first-order valence-electron chi connectivity index (χ1n) is 11.3. The first-order valence-corrected chi connectivity index (χ1v) is 12.9. The van der Waals surface area contributed by atoms with Crippen LogP contribution in [0.2, 0.25) is 0 Å². The molecule has 0 saturated carbocycles. The molecule has 34 heavy (non-hydrogen) atoms. The second-order valence-corrected chi connectivity index (χ2v) is 9.42. The fourth-order valence-corrected chi connectivity index (χ4v) is 4.34. The molecule has 0 spiro atoms. The molecule has 0 radical (unpaired) electrons. The molecule has 0 unspecified atom stereocenters. The van der Waals surface area contributed by atoms with Gasteiger partial charge >= 0.3 is 0 Å². The molecule has 0 aliphatic carbocycles. The molecule has 3 aromatic rings. The summed E-state index contributed by atoms with van der Waals surface area (Å²) in [5.41, 5.74) is 3.92. The Balaban J connectivity index is 1.59. The minimum atomic E-state index is -3.67. The van der Waals surface area contributed by atoms with Gasteiger partial charge in [0.15, 0.2) is 0 Å². The summed E-state index contributed by atoms with van der Waals surface area (Å²) in [6.45, 7) is 7.47. The molecule has 0 atom stereocenters. The lowest BCUT2D eigenvalue weighted by atomic mass is 10.1. The Bertz CT molecular complexity index is 1200. The van der Waals surface area contributed by atoms with Crippen LogP contribution in [0.25, 0.3) is 6.08 Å². The van der Waals surface area contributed by atoms with Crippen LogP contribution in [0.5, 0.6) is 0 Å². The molecule has 178 valence electrons. The zero-order valence-corrected chi connectivity index (χ0v) is 20.4. The molecule has 3 rings (SSSR count). The highest BCUT2D eigenvalue weighted by atomic mass is 32.2. The van der Waals surface area contributed by atoms with Crippen LogP contribution in [0, 0.1) is 0 Å². The van der Waals surface area contributed by atoms with Crippen molar-refractivity contribution in [3.05, 3.63) is 107 Å². The monoisotopic (exact) mass is 477 g/mol. The van der Waals surface area contributed by atoms with E-state index in [4.69, 9.17) is 0 Å². The van der Waals surface area contributed by atoms with Crippen LogP contribution < -0.4 is 10.0 Å². The van der Waals surface area contributed by atoms with E-state index in [-0.39, 0.29) is 5.91 Å². The molecule has 3 aromatic carbocycles. The highest BCUT2D eigenvalue weighted by Gasteiger charge is 2.11. The highest BCUT2D eigenvalue weighted by Crippen LogP contribution is 2.15. The van der Waals surface area contributed by atoms with Gasteiger partial charge in [-0.15, -0.1) is 0 Å². The first-order chi connectivity index (χ1) is 16.4. The molecule has 0 bridgehead atoms. The van der Waals surface area contributed by atoms with Gasteiger partial charge in [-0.05, 0) is 60.1 Å². The zero-order chi connectivity index (χ0) is 24.4. The smallest absolute Gasteiger partial charge is 0.255 e. The average Bonchev–Trinajstić information content (AvgIpc) is 2.86. The average molecular weight is 478 g/mol. The predicted octanol–water partition coefficient (Wildman–Crippen LogP) is 4.87. The molecular weight excluding hydrogens is 446 g/mol. The zero-order valence-electron chi connectivity index (χ0n) is 19.6. The van der Waals surface area contributed by atoms with E-state index in [9.17, 15) is 13.2 Å². The number of amides is 1. The van der Waals surface area contributed by atoms with E-state index in [1.165, 1.54) is 11.6 Å². The number of nitrogens with one attached hydrogen (secondary N) is 2. The maximum Gasteiger partial charge on any atom is 0.255 e. The molecule has 0 saturated heterocycles. The second-order valence-electron chi connectivity index (χ2n) is 7.85. The van der Waals surface area contributed by atoms with Crippen molar-refractivity contribution in [3.63, 3.8) is 0 Å². The van der Waals surface area contributed by atoms with E-state index in [2.05, 4.69) is 34.9 Å². The second kappa shape index (κ2) is 12.2. The van der Waals surface area contributed by atoms with E-state index >= 15 is 0 Å². The summed E-state index contributed by atoms with van der Waals surface area (Å²) in [4.78, 5) is 15.0. The Kier molecular flexibility index (Phi) is 9.01. The van der Waals surface area contributed by atoms with Gasteiger partial charge in [0, 0.05) is 24.3 Å². The van der Waals surface area contributed by atoms with Crippen molar-refractivity contribution in [1.82, 2.24) is 10.2 Å². The van der Waals surface area contributed by atoms with Crippen molar-refractivity contribution < 1.29 is 13.2 Å². The molecule has 1 amide bonds. The number of benzene rings is 3. The van der Waals surface area contributed by atoms with E-state index in [1.54, 1.807) is 24.3 Å². The largest absolute Gasteiger partial charge is 0.348 e. The number of rotatable bonds is 11. The lowest BCUT2D eigenvalue weighted by Gasteiger charge is -2.20. The van der Waals surface area contributed by atoms with Crippen LogP contribution in [-0.2, 0) is 23.1 Å². The number of sulfonamides is 1. The van der Waals surface area contributed by atoms with Crippen LogP contribution in [0.3, 0.4) is 0 Å². The molecule has 2 N–H and O–H groups in total. The van der Waals surface area contributed by atoms with Gasteiger partial charge in [0.25, 0.3) is 15.9 Å². The van der Waals surface area contributed by atoms with Crippen LogP contribution in [0.1, 0.15) is 40.9 Å². The van der Waals surface area contributed by atoms with Gasteiger partial charge in [0.1, 0.15) is 0 Å². The molecule has 7 heteroatoms. The van der Waals surface area contributed by atoms with E-state index in [0.717, 1.165) is 36.2 Å². The predicted molar refractivity (Wildman–Crippen MR) is 139 cm³/mol. The van der Waals surface area contributed by atoms with Crippen molar-refractivity contribution in [2.75, 3.05) is 17.8 Å². The third-order valence-corrected chi connectivity index (χ3v) is 6.51. The van der Waals surface area contributed by atoms with E-state index < -0.39 is 10.0 Å². The Labute approximate surface area is 202 Å². The lowest BCUT2D eigenvalue weighted by molar-refractivity contribution is 0.0950. The van der Waals surface area contributed by atoms with Crippen molar-refractivity contribution >= 4 is 27.7 Å². The van der Waals surface area contributed by atoms with Crippen LogP contribution in [0.15, 0.2) is 84.3 Å². The molecular formula is C27H31N3O3S. The summed E-state index contributed by atoms with van der Waals surface area (Å²) in [6.07, 6.45) is 1.53. The fourth-order valence-electron chi connectivity index (χ4n) is 3.47. The fraction of sp³-hybridized carbons (Fsp3) is 0.222. The minimum Gasteiger partial charge on any atom is -0.348 e. The minimum absolute atomic E-state index is 0.212. The Morgan fingerprint density at radius 1 is 0.853 bits per heavy atom. The molecule has 0 aliphatic rings. The number of carbonyl (C=O) groups is 1. The molecule has 0 aromatic heterocycles. The normalized spacial score (nSPS) is 11.6. The third kappa shape index (κ3) is 7.57. The topological polar surface area (TPSA) is 78.5 Å². The first kappa shape index (κ1) is 25.2. The number of hydrogen-bond acceptors (Lipinski definition) is 4. The number of nitrogens with zero attached hydrogens (tertiary/aromatic N) is 1. The number of hydrogen-bond donors (Lipinski definition) is 2. The summed E-state index contributed by atoms with van der Waals surface area (Å²) in [7, 11) is -3.67. The van der Waals surface area contributed by atoms with Crippen LogP contribution in [0.4, 0.5) is 5.69 Å². The van der Waals surface area contributed by atoms with Crippen LogP contribution in [-0.4, -0.2) is 32.3 Å². The maximum atomic E-state index is 12.6. The van der Waals surface area contributed by atoms with Crippen molar-refractivity contribution in [1.29, 1.82) is 0 Å². The summed E-state index contributed by atoms with van der Waals surface area (Å²) >= 11 is 0. The quantitative estimate of drug-likeness (QED) is 0.413. The van der Waals surface area contributed by atoms with Gasteiger partial charge in [0.05, 0.1) is 5.41 Å². The third-order valence-electron chi connectivity index (χ3n) is 5.49. The molecule has 6 nitrogen and oxygen atoms in total.